The van der Waals surface area contributed by atoms with Crippen LogP contribution in [0.3, 0.4) is 0 Å². The second-order valence-corrected chi connectivity index (χ2v) is 5.19. The Morgan fingerprint density at radius 2 is 1.93 bits per heavy atom. The lowest BCUT2D eigenvalue weighted by Crippen LogP contribution is -2.12. The Bertz CT molecular complexity index is 408. The number of halogens is 1. The molecule has 0 saturated heterocycles. The van der Waals surface area contributed by atoms with E-state index in [2.05, 4.69) is 44.9 Å². The quantitative estimate of drug-likeness (QED) is 0.911. The summed E-state index contributed by atoms with van der Waals surface area (Å²) >= 11 is 5.13. The van der Waals surface area contributed by atoms with Crippen LogP contribution in [0.4, 0.5) is 0 Å². The van der Waals surface area contributed by atoms with Gasteiger partial charge in [0, 0.05) is 10.5 Å². The number of thiophene rings is 1. The lowest BCUT2D eigenvalue weighted by molar-refractivity contribution is 0.723. The molecular formula is C12H12BrNS. The van der Waals surface area contributed by atoms with Gasteiger partial charge >= 0.3 is 0 Å². The van der Waals surface area contributed by atoms with Crippen molar-refractivity contribution >= 4 is 27.3 Å². The third-order valence-corrected chi connectivity index (χ3v) is 3.59. The van der Waals surface area contributed by atoms with Crippen molar-refractivity contribution in [1.82, 2.24) is 0 Å². The van der Waals surface area contributed by atoms with E-state index in [0.29, 0.717) is 0 Å². The van der Waals surface area contributed by atoms with Gasteiger partial charge in [0.25, 0.3) is 0 Å². The average molecular weight is 282 g/mol. The molecule has 3 heteroatoms. The van der Waals surface area contributed by atoms with Gasteiger partial charge in [0.2, 0.25) is 0 Å². The molecule has 1 unspecified atom stereocenters. The van der Waals surface area contributed by atoms with Gasteiger partial charge in [0.05, 0.1) is 0 Å². The van der Waals surface area contributed by atoms with Crippen LogP contribution in [0.1, 0.15) is 17.2 Å². The van der Waals surface area contributed by atoms with E-state index >= 15 is 0 Å². The summed E-state index contributed by atoms with van der Waals surface area (Å²) in [5.74, 6) is 0. The number of hydrogen-bond donors (Lipinski definition) is 1. The van der Waals surface area contributed by atoms with Crippen LogP contribution in [0.15, 0.2) is 45.6 Å². The van der Waals surface area contributed by atoms with Crippen LogP contribution in [0.5, 0.6) is 0 Å². The van der Waals surface area contributed by atoms with Gasteiger partial charge < -0.3 is 5.73 Å². The van der Waals surface area contributed by atoms with E-state index in [9.17, 15) is 0 Å². The maximum Gasteiger partial charge on any atom is 0.0336 e. The first-order valence-corrected chi connectivity index (χ1v) is 6.51. The summed E-state index contributed by atoms with van der Waals surface area (Å²) in [6.45, 7) is 0. The Morgan fingerprint density at radius 1 is 1.20 bits per heavy atom. The molecule has 1 aromatic heterocycles. The van der Waals surface area contributed by atoms with Gasteiger partial charge in [0.15, 0.2) is 0 Å². The summed E-state index contributed by atoms with van der Waals surface area (Å²) < 4.78 is 1.09. The Balaban J connectivity index is 2.08. The highest BCUT2D eigenvalue weighted by atomic mass is 79.9. The van der Waals surface area contributed by atoms with E-state index in [1.54, 1.807) is 11.3 Å². The Labute approximate surface area is 102 Å². The van der Waals surface area contributed by atoms with E-state index in [1.807, 2.05) is 12.1 Å². The summed E-state index contributed by atoms with van der Waals surface area (Å²) in [6, 6.07) is 10.4. The van der Waals surface area contributed by atoms with Crippen molar-refractivity contribution < 1.29 is 0 Å². The molecule has 0 radical (unpaired) electrons. The Hall–Kier alpha value is -0.640. The van der Waals surface area contributed by atoms with Gasteiger partial charge in [-0.2, -0.15) is 11.3 Å². The molecule has 0 aliphatic carbocycles. The molecule has 0 amide bonds. The zero-order chi connectivity index (χ0) is 10.7. The molecular weight excluding hydrogens is 270 g/mol. The number of hydrogen-bond acceptors (Lipinski definition) is 2. The molecule has 15 heavy (non-hydrogen) atoms. The van der Waals surface area contributed by atoms with Crippen LogP contribution in [-0.4, -0.2) is 0 Å². The van der Waals surface area contributed by atoms with Gasteiger partial charge in [0.1, 0.15) is 0 Å². The van der Waals surface area contributed by atoms with Crippen molar-refractivity contribution in [1.29, 1.82) is 0 Å². The molecule has 78 valence electrons. The SMILES string of the molecule is NC(Cc1ccsc1)c1ccc(Br)cc1. The fraction of sp³-hybridized carbons (Fsp3) is 0.167. The van der Waals surface area contributed by atoms with E-state index in [1.165, 1.54) is 11.1 Å². The first-order valence-electron chi connectivity index (χ1n) is 4.78. The largest absolute Gasteiger partial charge is 0.324 e. The van der Waals surface area contributed by atoms with Crippen LogP contribution in [0, 0.1) is 0 Å². The van der Waals surface area contributed by atoms with Gasteiger partial charge in [-0.1, -0.05) is 28.1 Å². The molecule has 1 aromatic carbocycles. The monoisotopic (exact) mass is 281 g/mol. The minimum Gasteiger partial charge on any atom is -0.324 e. The van der Waals surface area contributed by atoms with Gasteiger partial charge in [-0.3, -0.25) is 0 Å². The Kier molecular flexibility index (Phi) is 3.57. The fourth-order valence-corrected chi connectivity index (χ4v) is 2.44. The van der Waals surface area contributed by atoms with Gasteiger partial charge in [-0.05, 0) is 46.5 Å². The predicted molar refractivity (Wildman–Crippen MR) is 69.1 cm³/mol. The zero-order valence-electron chi connectivity index (χ0n) is 8.19. The lowest BCUT2D eigenvalue weighted by Gasteiger charge is -2.10. The zero-order valence-corrected chi connectivity index (χ0v) is 10.6. The summed E-state index contributed by atoms with van der Waals surface area (Å²) in [6.07, 6.45) is 0.908. The summed E-state index contributed by atoms with van der Waals surface area (Å²) in [5.41, 5.74) is 8.63. The molecule has 0 fully saturated rings. The molecule has 0 spiro atoms. The molecule has 1 atom stereocenters. The molecule has 2 aromatic rings. The summed E-state index contributed by atoms with van der Waals surface area (Å²) in [5, 5.41) is 4.24. The van der Waals surface area contributed by atoms with Gasteiger partial charge in [-0.15, -0.1) is 0 Å². The number of rotatable bonds is 3. The Morgan fingerprint density at radius 3 is 2.53 bits per heavy atom. The van der Waals surface area contributed by atoms with Crippen LogP contribution < -0.4 is 5.73 Å². The molecule has 1 nitrogen and oxygen atoms in total. The molecule has 2 rings (SSSR count). The van der Waals surface area contributed by atoms with Gasteiger partial charge in [-0.25, -0.2) is 0 Å². The topological polar surface area (TPSA) is 26.0 Å². The predicted octanol–water partition coefficient (Wildman–Crippen LogP) is 3.75. The third-order valence-electron chi connectivity index (χ3n) is 2.33. The molecule has 2 N–H and O–H groups in total. The molecule has 0 bridgehead atoms. The van der Waals surface area contributed by atoms with Crippen molar-refractivity contribution in [2.45, 2.75) is 12.5 Å². The van der Waals surface area contributed by atoms with Crippen LogP contribution in [0.25, 0.3) is 0 Å². The van der Waals surface area contributed by atoms with Crippen LogP contribution >= 0.6 is 27.3 Å². The fourth-order valence-electron chi connectivity index (χ4n) is 1.49. The highest BCUT2D eigenvalue weighted by molar-refractivity contribution is 9.10. The number of benzene rings is 1. The first kappa shape index (κ1) is 10.9. The number of nitrogens with two attached hydrogens (primary N) is 1. The standard InChI is InChI=1S/C12H12BrNS/c13-11-3-1-10(2-4-11)12(14)7-9-5-6-15-8-9/h1-6,8,12H,7,14H2. The molecule has 0 aliphatic rings. The molecule has 0 aliphatic heterocycles. The van der Waals surface area contributed by atoms with E-state index in [4.69, 9.17) is 5.73 Å². The second kappa shape index (κ2) is 4.92. The second-order valence-electron chi connectivity index (χ2n) is 3.49. The molecule has 0 saturated carbocycles. The smallest absolute Gasteiger partial charge is 0.0336 e. The third kappa shape index (κ3) is 2.91. The highest BCUT2D eigenvalue weighted by Crippen LogP contribution is 2.19. The van der Waals surface area contributed by atoms with E-state index in [-0.39, 0.29) is 6.04 Å². The summed E-state index contributed by atoms with van der Waals surface area (Å²) in [7, 11) is 0. The highest BCUT2D eigenvalue weighted by Gasteiger charge is 2.06. The summed E-state index contributed by atoms with van der Waals surface area (Å²) in [4.78, 5) is 0. The van der Waals surface area contributed by atoms with Crippen molar-refractivity contribution in [3.8, 4) is 0 Å². The van der Waals surface area contributed by atoms with E-state index < -0.39 is 0 Å². The van der Waals surface area contributed by atoms with Crippen molar-refractivity contribution in [3.05, 3.63) is 56.7 Å². The minimum absolute atomic E-state index is 0.0905. The lowest BCUT2D eigenvalue weighted by atomic mass is 10.0. The maximum absolute atomic E-state index is 6.13. The van der Waals surface area contributed by atoms with Crippen LogP contribution in [0.2, 0.25) is 0 Å². The molecule has 1 heterocycles. The van der Waals surface area contributed by atoms with Crippen molar-refractivity contribution in [3.63, 3.8) is 0 Å². The van der Waals surface area contributed by atoms with Crippen LogP contribution in [-0.2, 0) is 6.42 Å². The normalized spacial score (nSPS) is 12.7. The minimum atomic E-state index is 0.0905. The average Bonchev–Trinajstić information content (AvgIpc) is 2.71. The first-order chi connectivity index (χ1) is 7.25. The van der Waals surface area contributed by atoms with Crippen molar-refractivity contribution in [2.75, 3.05) is 0 Å². The van der Waals surface area contributed by atoms with Crippen molar-refractivity contribution in [2.24, 2.45) is 5.73 Å². The maximum atomic E-state index is 6.13. The van der Waals surface area contributed by atoms with E-state index in [0.717, 1.165) is 10.9 Å².